The van der Waals surface area contributed by atoms with Gasteiger partial charge in [0.15, 0.2) is 0 Å². The molecule has 5 heteroatoms. The van der Waals surface area contributed by atoms with E-state index in [-0.39, 0.29) is 0 Å². The van der Waals surface area contributed by atoms with Crippen LogP contribution in [0, 0.1) is 5.92 Å². The van der Waals surface area contributed by atoms with Crippen molar-refractivity contribution in [1.29, 1.82) is 0 Å². The lowest BCUT2D eigenvalue weighted by Gasteiger charge is -2.18. The van der Waals surface area contributed by atoms with Crippen LogP contribution in [0.3, 0.4) is 0 Å². The van der Waals surface area contributed by atoms with Crippen LogP contribution in [0.2, 0.25) is 0 Å². The van der Waals surface area contributed by atoms with Crippen LogP contribution >= 0.6 is 11.8 Å². The Bertz CT molecular complexity index is 426. The van der Waals surface area contributed by atoms with Crippen LogP contribution in [0.5, 0.6) is 0 Å². The van der Waals surface area contributed by atoms with Crippen molar-refractivity contribution >= 4 is 17.4 Å². The Labute approximate surface area is 128 Å². The van der Waals surface area contributed by atoms with Gasteiger partial charge in [-0.15, -0.1) is 11.8 Å². The van der Waals surface area contributed by atoms with Crippen LogP contribution in [0.4, 0.5) is 18.9 Å². The van der Waals surface area contributed by atoms with E-state index >= 15 is 0 Å². The second kappa shape index (κ2) is 7.97. The molecular weight excluding hydrogens is 295 g/mol. The van der Waals surface area contributed by atoms with Crippen molar-refractivity contribution < 1.29 is 13.2 Å². The molecule has 0 amide bonds. The molecule has 1 N–H and O–H groups in total. The van der Waals surface area contributed by atoms with Crippen LogP contribution in [0.25, 0.3) is 0 Å². The standard InChI is InChI=1S/C16H22F3NS/c17-16(18,19)12-21-15-10-6-5-9-14(15)20-11-13-7-3-1-2-4-8-13/h5-6,9-10,13,20H,1-4,7-8,11-12H2. The SMILES string of the molecule is FC(F)(F)CSc1ccccc1NCC1CCCCCC1. The minimum Gasteiger partial charge on any atom is -0.384 e. The number of nitrogens with one attached hydrogen (secondary N) is 1. The summed E-state index contributed by atoms with van der Waals surface area (Å²) < 4.78 is 37.1. The van der Waals surface area contributed by atoms with Gasteiger partial charge in [-0.05, 0) is 30.9 Å². The van der Waals surface area contributed by atoms with Gasteiger partial charge < -0.3 is 5.32 Å². The van der Waals surface area contributed by atoms with Gasteiger partial charge in [0, 0.05) is 17.1 Å². The molecule has 1 aliphatic rings. The molecule has 118 valence electrons. The van der Waals surface area contributed by atoms with Crippen molar-refractivity contribution in [3.8, 4) is 0 Å². The van der Waals surface area contributed by atoms with Crippen molar-refractivity contribution in [2.24, 2.45) is 5.92 Å². The van der Waals surface area contributed by atoms with Crippen LogP contribution in [-0.2, 0) is 0 Å². The summed E-state index contributed by atoms with van der Waals surface area (Å²) in [6.45, 7) is 0.865. The van der Waals surface area contributed by atoms with Crippen molar-refractivity contribution in [2.45, 2.75) is 49.6 Å². The molecule has 1 aliphatic carbocycles. The van der Waals surface area contributed by atoms with Gasteiger partial charge in [-0.2, -0.15) is 13.2 Å². The van der Waals surface area contributed by atoms with Crippen molar-refractivity contribution in [1.82, 2.24) is 0 Å². The second-order valence-corrected chi connectivity index (χ2v) is 6.66. The van der Waals surface area contributed by atoms with Crippen LogP contribution in [-0.4, -0.2) is 18.5 Å². The quantitative estimate of drug-likeness (QED) is 0.550. The average Bonchev–Trinajstić information content (AvgIpc) is 2.71. The van der Waals surface area contributed by atoms with Gasteiger partial charge in [-0.1, -0.05) is 37.8 Å². The normalized spacial score (nSPS) is 17.5. The zero-order valence-electron chi connectivity index (χ0n) is 12.1. The highest BCUT2D eigenvalue weighted by atomic mass is 32.2. The van der Waals surface area contributed by atoms with Crippen molar-refractivity contribution in [3.63, 3.8) is 0 Å². The molecule has 0 saturated heterocycles. The van der Waals surface area contributed by atoms with E-state index in [1.54, 1.807) is 12.1 Å². The highest BCUT2D eigenvalue weighted by Gasteiger charge is 2.27. The van der Waals surface area contributed by atoms with Crippen molar-refractivity contribution in [3.05, 3.63) is 24.3 Å². The largest absolute Gasteiger partial charge is 0.398 e. The molecule has 0 bridgehead atoms. The number of alkyl halides is 3. The Morgan fingerprint density at radius 1 is 1.05 bits per heavy atom. The first kappa shape index (κ1) is 16.5. The van der Waals surface area contributed by atoms with E-state index in [1.807, 2.05) is 12.1 Å². The molecule has 0 spiro atoms. The Morgan fingerprint density at radius 3 is 2.38 bits per heavy atom. The summed E-state index contributed by atoms with van der Waals surface area (Å²) in [6.07, 6.45) is 3.51. The Balaban J connectivity index is 1.89. The second-order valence-electron chi connectivity index (χ2n) is 5.64. The summed E-state index contributed by atoms with van der Waals surface area (Å²) >= 11 is 0.857. The maximum Gasteiger partial charge on any atom is 0.398 e. The molecule has 1 saturated carbocycles. The number of hydrogen-bond acceptors (Lipinski definition) is 2. The molecule has 0 unspecified atom stereocenters. The number of hydrogen-bond donors (Lipinski definition) is 1. The van der Waals surface area contributed by atoms with E-state index in [2.05, 4.69) is 5.32 Å². The first-order valence-corrected chi connectivity index (χ1v) is 8.55. The topological polar surface area (TPSA) is 12.0 Å². The lowest BCUT2D eigenvalue weighted by atomic mass is 10.0. The molecule has 0 radical (unpaired) electrons. The molecule has 1 aromatic rings. The molecule has 0 heterocycles. The number of para-hydroxylation sites is 1. The van der Waals surface area contributed by atoms with Gasteiger partial charge >= 0.3 is 6.18 Å². The van der Waals surface area contributed by atoms with Gasteiger partial charge in [-0.25, -0.2) is 0 Å². The van der Waals surface area contributed by atoms with Crippen LogP contribution in [0.15, 0.2) is 29.2 Å². The number of anilines is 1. The lowest BCUT2D eigenvalue weighted by molar-refractivity contribution is -0.105. The average molecular weight is 317 g/mol. The molecule has 1 fully saturated rings. The maximum absolute atomic E-state index is 12.4. The van der Waals surface area contributed by atoms with Crippen LogP contribution < -0.4 is 5.32 Å². The van der Waals surface area contributed by atoms with E-state index in [9.17, 15) is 13.2 Å². The maximum atomic E-state index is 12.4. The fraction of sp³-hybridized carbons (Fsp3) is 0.625. The third-order valence-electron chi connectivity index (χ3n) is 3.83. The molecule has 1 aromatic carbocycles. The summed E-state index contributed by atoms with van der Waals surface area (Å²) in [5.74, 6) is -0.192. The van der Waals surface area contributed by atoms with E-state index in [1.165, 1.54) is 38.5 Å². The fourth-order valence-electron chi connectivity index (χ4n) is 2.72. The number of rotatable bonds is 5. The van der Waals surface area contributed by atoms with E-state index < -0.39 is 11.9 Å². The Morgan fingerprint density at radius 2 is 1.71 bits per heavy atom. The summed E-state index contributed by atoms with van der Waals surface area (Å²) in [5, 5.41) is 3.36. The Kier molecular flexibility index (Phi) is 6.27. The highest BCUT2D eigenvalue weighted by Crippen LogP contribution is 2.32. The summed E-state index contributed by atoms with van der Waals surface area (Å²) in [5.41, 5.74) is 0.830. The molecule has 1 nitrogen and oxygen atoms in total. The molecular formula is C16H22F3NS. The fourth-order valence-corrected chi connectivity index (χ4v) is 3.51. The molecule has 0 atom stereocenters. The van der Waals surface area contributed by atoms with Gasteiger partial charge in [-0.3, -0.25) is 0 Å². The highest BCUT2D eigenvalue weighted by molar-refractivity contribution is 7.99. The number of thioether (sulfide) groups is 1. The Hall–Kier alpha value is -0.840. The van der Waals surface area contributed by atoms with Gasteiger partial charge in [0.1, 0.15) is 0 Å². The monoisotopic (exact) mass is 317 g/mol. The molecule has 2 rings (SSSR count). The first-order valence-electron chi connectivity index (χ1n) is 7.57. The number of halogens is 3. The molecule has 0 aliphatic heterocycles. The van der Waals surface area contributed by atoms with Gasteiger partial charge in [0.25, 0.3) is 0 Å². The minimum absolute atomic E-state index is 0.646. The minimum atomic E-state index is -4.13. The molecule has 0 aromatic heterocycles. The zero-order valence-corrected chi connectivity index (χ0v) is 12.9. The van der Waals surface area contributed by atoms with E-state index in [4.69, 9.17) is 0 Å². The summed E-state index contributed by atoms with van der Waals surface area (Å²) in [4.78, 5) is 0.684. The van der Waals surface area contributed by atoms with Gasteiger partial charge in [0.2, 0.25) is 0 Å². The summed E-state index contributed by atoms with van der Waals surface area (Å²) in [6, 6.07) is 7.28. The smallest absolute Gasteiger partial charge is 0.384 e. The van der Waals surface area contributed by atoms with Gasteiger partial charge in [0.05, 0.1) is 5.75 Å². The van der Waals surface area contributed by atoms with Crippen LogP contribution in [0.1, 0.15) is 38.5 Å². The van der Waals surface area contributed by atoms with Crippen molar-refractivity contribution in [2.75, 3.05) is 17.6 Å². The lowest BCUT2D eigenvalue weighted by Crippen LogP contribution is -2.14. The zero-order chi connectivity index (χ0) is 15.1. The molecule has 21 heavy (non-hydrogen) atoms. The van der Waals surface area contributed by atoms with E-state index in [0.29, 0.717) is 10.8 Å². The first-order chi connectivity index (χ1) is 10.0. The van der Waals surface area contributed by atoms with E-state index in [0.717, 1.165) is 24.0 Å². The third kappa shape index (κ3) is 6.20. The number of benzene rings is 1. The summed E-state index contributed by atoms with van der Waals surface area (Å²) in [7, 11) is 0. The third-order valence-corrected chi connectivity index (χ3v) is 4.97. The predicted molar refractivity (Wildman–Crippen MR) is 82.9 cm³/mol. The predicted octanol–water partition coefficient (Wildman–Crippen LogP) is 5.72.